The number of ether oxygens (including phenoxy) is 3. The lowest BCUT2D eigenvalue weighted by atomic mass is 10.2. The number of amides is 1. The minimum Gasteiger partial charge on any atom is -0.493 e. The molecule has 1 amide bonds. The van der Waals surface area contributed by atoms with Crippen LogP contribution in [0.2, 0.25) is 0 Å². The zero-order valence-corrected chi connectivity index (χ0v) is 14.6. The summed E-state index contributed by atoms with van der Waals surface area (Å²) < 4.78 is 15.9. The quantitative estimate of drug-likeness (QED) is 0.800. The molecule has 0 radical (unpaired) electrons. The molecule has 1 unspecified atom stereocenters. The summed E-state index contributed by atoms with van der Waals surface area (Å²) in [5.41, 5.74) is 0.733. The molecule has 1 aromatic heterocycles. The van der Waals surface area contributed by atoms with Crippen LogP contribution in [0.25, 0.3) is 10.6 Å². The first-order valence-electron chi connectivity index (χ1n) is 6.59. The minimum absolute atomic E-state index is 0.334. The SMILES string of the molecule is COc1cc(-c2nnc(NC(=O)C(C)Cl)s2)cc(OC)c1OC. The predicted octanol–water partition coefficient (Wildman–Crippen LogP) is 2.80. The van der Waals surface area contributed by atoms with E-state index in [9.17, 15) is 4.79 Å². The van der Waals surface area contributed by atoms with Gasteiger partial charge in [0, 0.05) is 5.56 Å². The maximum Gasteiger partial charge on any atom is 0.243 e. The summed E-state index contributed by atoms with van der Waals surface area (Å²) in [5.74, 6) is 1.18. The summed E-state index contributed by atoms with van der Waals surface area (Å²) in [6.45, 7) is 1.58. The van der Waals surface area contributed by atoms with Crippen molar-refractivity contribution in [2.24, 2.45) is 0 Å². The molecule has 2 rings (SSSR count). The summed E-state index contributed by atoms with van der Waals surface area (Å²) in [7, 11) is 4.61. The number of carbonyl (C=O) groups excluding carboxylic acids is 1. The fourth-order valence-corrected chi connectivity index (χ4v) is 2.59. The molecule has 0 aliphatic rings. The molecule has 0 fully saturated rings. The molecular weight excluding hydrogens is 342 g/mol. The van der Waals surface area contributed by atoms with Crippen LogP contribution in [-0.4, -0.2) is 42.8 Å². The fraction of sp³-hybridized carbons (Fsp3) is 0.357. The third-order valence-corrected chi connectivity index (χ3v) is 4.01. The Morgan fingerprint density at radius 3 is 2.26 bits per heavy atom. The highest BCUT2D eigenvalue weighted by molar-refractivity contribution is 7.18. The molecule has 7 nitrogen and oxygen atoms in total. The number of methoxy groups -OCH3 is 3. The van der Waals surface area contributed by atoms with Crippen LogP contribution in [0.1, 0.15) is 6.92 Å². The van der Waals surface area contributed by atoms with Gasteiger partial charge >= 0.3 is 0 Å². The summed E-state index contributed by atoms with van der Waals surface area (Å²) in [4.78, 5) is 11.6. The van der Waals surface area contributed by atoms with Crippen LogP contribution in [-0.2, 0) is 4.79 Å². The Labute approximate surface area is 142 Å². The van der Waals surface area contributed by atoms with E-state index in [1.807, 2.05) is 0 Å². The maximum absolute atomic E-state index is 11.6. The van der Waals surface area contributed by atoms with Gasteiger partial charge in [0.1, 0.15) is 10.4 Å². The van der Waals surface area contributed by atoms with Crippen molar-refractivity contribution < 1.29 is 19.0 Å². The normalized spacial score (nSPS) is 11.7. The monoisotopic (exact) mass is 357 g/mol. The van der Waals surface area contributed by atoms with Crippen LogP contribution >= 0.6 is 22.9 Å². The molecule has 0 saturated heterocycles. The number of aromatic nitrogens is 2. The average molecular weight is 358 g/mol. The molecule has 1 aromatic carbocycles. The van der Waals surface area contributed by atoms with Gasteiger partial charge in [-0.25, -0.2) is 0 Å². The molecular formula is C14H16ClN3O4S. The van der Waals surface area contributed by atoms with Crippen molar-refractivity contribution in [3.63, 3.8) is 0 Å². The number of halogens is 1. The van der Waals surface area contributed by atoms with Gasteiger partial charge in [0.05, 0.1) is 21.3 Å². The molecule has 0 spiro atoms. The molecule has 0 saturated carbocycles. The lowest BCUT2D eigenvalue weighted by molar-refractivity contribution is -0.115. The second kappa shape index (κ2) is 7.47. The van der Waals surface area contributed by atoms with Crippen LogP contribution < -0.4 is 19.5 Å². The number of anilines is 1. The largest absolute Gasteiger partial charge is 0.493 e. The van der Waals surface area contributed by atoms with E-state index < -0.39 is 5.38 Å². The summed E-state index contributed by atoms with van der Waals surface area (Å²) in [6, 6.07) is 3.52. The van der Waals surface area contributed by atoms with Crippen LogP contribution in [0, 0.1) is 0 Å². The Balaban J connectivity index is 2.35. The van der Waals surface area contributed by atoms with E-state index in [1.165, 1.54) is 32.7 Å². The molecule has 1 atom stereocenters. The van der Waals surface area contributed by atoms with Crippen molar-refractivity contribution in [3.8, 4) is 27.8 Å². The van der Waals surface area contributed by atoms with Gasteiger partial charge in [-0.3, -0.25) is 10.1 Å². The molecule has 1 heterocycles. The average Bonchev–Trinajstić information content (AvgIpc) is 3.01. The Morgan fingerprint density at radius 1 is 1.17 bits per heavy atom. The Bertz CT molecular complexity index is 680. The molecule has 2 aromatic rings. The van der Waals surface area contributed by atoms with Crippen LogP contribution in [0.15, 0.2) is 12.1 Å². The molecule has 23 heavy (non-hydrogen) atoms. The van der Waals surface area contributed by atoms with E-state index in [-0.39, 0.29) is 5.91 Å². The van der Waals surface area contributed by atoms with Crippen molar-refractivity contribution in [2.45, 2.75) is 12.3 Å². The molecule has 0 bridgehead atoms. The third-order valence-electron chi connectivity index (χ3n) is 2.93. The first-order chi connectivity index (χ1) is 11.0. The summed E-state index contributed by atoms with van der Waals surface area (Å²) in [5, 5.41) is 10.9. The Morgan fingerprint density at radius 2 is 1.78 bits per heavy atom. The summed E-state index contributed by atoms with van der Waals surface area (Å²) >= 11 is 6.93. The zero-order valence-electron chi connectivity index (χ0n) is 13.0. The van der Waals surface area contributed by atoms with E-state index >= 15 is 0 Å². The van der Waals surface area contributed by atoms with Crippen molar-refractivity contribution in [2.75, 3.05) is 26.6 Å². The van der Waals surface area contributed by atoms with Gasteiger partial charge < -0.3 is 14.2 Å². The van der Waals surface area contributed by atoms with Gasteiger partial charge in [-0.2, -0.15) is 0 Å². The predicted molar refractivity (Wildman–Crippen MR) is 88.9 cm³/mol. The highest BCUT2D eigenvalue weighted by Gasteiger charge is 2.17. The van der Waals surface area contributed by atoms with E-state index in [2.05, 4.69) is 15.5 Å². The third kappa shape index (κ3) is 3.83. The summed E-state index contributed by atoms with van der Waals surface area (Å²) in [6.07, 6.45) is 0. The molecule has 124 valence electrons. The van der Waals surface area contributed by atoms with Crippen molar-refractivity contribution in [1.29, 1.82) is 0 Å². The lowest BCUT2D eigenvalue weighted by Crippen LogP contribution is -2.20. The van der Waals surface area contributed by atoms with Crippen LogP contribution in [0.4, 0.5) is 5.13 Å². The number of rotatable bonds is 6. The first-order valence-corrected chi connectivity index (χ1v) is 7.84. The standard InChI is InChI=1S/C14H16ClN3O4S/c1-7(15)12(19)16-14-18-17-13(23-14)8-5-9(20-2)11(22-4)10(6-8)21-3/h5-7H,1-4H3,(H,16,18,19). The first kappa shape index (κ1) is 17.3. The van der Waals surface area contributed by atoms with Crippen molar-refractivity contribution in [1.82, 2.24) is 10.2 Å². The zero-order chi connectivity index (χ0) is 17.0. The number of nitrogens with zero attached hydrogens (tertiary/aromatic N) is 2. The van der Waals surface area contributed by atoms with Gasteiger partial charge in [-0.15, -0.1) is 21.8 Å². The number of carbonyl (C=O) groups is 1. The second-order valence-electron chi connectivity index (χ2n) is 4.43. The molecule has 1 N–H and O–H groups in total. The van der Waals surface area contributed by atoms with Gasteiger partial charge in [-0.1, -0.05) is 11.3 Å². The molecule has 9 heteroatoms. The van der Waals surface area contributed by atoms with Crippen molar-refractivity contribution in [3.05, 3.63) is 12.1 Å². The van der Waals surface area contributed by atoms with E-state index in [1.54, 1.807) is 19.1 Å². The van der Waals surface area contributed by atoms with Crippen LogP contribution in [0.5, 0.6) is 17.2 Å². The Hall–Kier alpha value is -2.06. The highest BCUT2D eigenvalue weighted by Crippen LogP contribution is 2.42. The van der Waals surface area contributed by atoms with E-state index in [0.29, 0.717) is 27.4 Å². The number of nitrogens with one attached hydrogen (secondary N) is 1. The number of alkyl halides is 1. The van der Waals surface area contributed by atoms with Gasteiger partial charge in [-0.05, 0) is 19.1 Å². The number of hydrogen-bond acceptors (Lipinski definition) is 7. The van der Waals surface area contributed by atoms with Gasteiger partial charge in [0.25, 0.3) is 0 Å². The fourth-order valence-electron chi connectivity index (χ4n) is 1.80. The highest BCUT2D eigenvalue weighted by atomic mass is 35.5. The maximum atomic E-state index is 11.6. The van der Waals surface area contributed by atoms with E-state index in [0.717, 1.165) is 5.56 Å². The van der Waals surface area contributed by atoms with Gasteiger partial charge in [0.2, 0.25) is 16.8 Å². The molecule has 0 aliphatic heterocycles. The second-order valence-corrected chi connectivity index (χ2v) is 6.06. The van der Waals surface area contributed by atoms with Crippen LogP contribution in [0.3, 0.4) is 0 Å². The Kier molecular flexibility index (Phi) is 5.62. The smallest absolute Gasteiger partial charge is 0.243 e. The van der Waals surface area contributed by atoms with Crippen molar-refractivity contribution >= 4 is 34.0 Å². The number of hydrogen-bond donors (Lipinski definition) is 1. The lowest BCUT2D eigenvalue weighted by Gasteiger charge is -2.13. The minimum atomic E-state index is -0.650. The molecule has 0 aliphatic carbocycles. The van der Waals surface area contributed by atoms with E-state index in [4.69, 9.17) is 25.8 Å². The topological polar surface area (TPSA) is 82.6 Å². The number of benzene rings is 1. The van der Waals surface area contributed by atoms with Gasteiger partial charge in [0.15, 0.2) is 11.5 Å².